The number of rotatable bonds is 6. The molecule has 1 amide bonds. The Kier molecular flexibility index (Phi) is 6.09. The van der Waals surface area contributed by atoms with Gasteiger partial charge in [0.1, 0.15) is 0 Å². The number of esters is 1. The molecule has 2 N–H and O–H groups in total. The van der Waals surface area contributed by atoms with Crippen molar-refractivity contribution in [3.8, 4) is 0 Å². The minimum Gasteiger partial charge on any atom is -0.465 e. The predicted octanol–water partition coefficient (Wildman–Crippen LogP) is 5.39. The van der Waals surface area contributed by atoms with Crippen LogP contribution in [0.5, 0.6) is 0 Å². The molecule has 4 aromatic rings. The molecule has 0 fully saturated rings. The number of anilines is 2. The second kappa shape index (κ2) is 9.65. The molecule has 1 aliphatic heterocycles. The van der Waals surface area contributed by atoms with E-state index >= 15 is 0 Å². The van der Waals surface area contributed by atoms with Gasteiger partial charge in [0, 0.05) is 23.6 Å². The van der Waals surface area contributed by atoms with Gasteiger partial charge < -0.3 is 15.4 Å². The SMILES string of the molecule is COC(=O)c1ccc2c(c1)NC(=O)/C2=C(\Nc1ccc(Cc2ccncc2)cc1)c1ccccc1. The number of pyridine rings is 1. The van der Waals surface area contributed by atoms with Crippen LogP contribution in [0.3, 0.4) is 0 Å². The fourth-order valence-electron chi connectivity index (χ4n) is 4.14. The van der Waals surface area contributed by atoms with Crippen LogP contribution in [0, 0.1) is 0 Å². The van der Waals surface area contributed by atoms with Crippen molar-refractivity contribution in [3.05, 3.63) is 125 Å². The highest BCUT2D eigenvalue weighted by molar-refractivity contribution is 6.37. The van der Waals surface area contributed by atoms with Crippen LogP contribution >= 0.6 is 0 Å². The fraction of sp³-hybridized carbons (Fsp3) is 0.0690. The second-order valence-electron chi connectivity index (χ2n) is 8.18. The lowest BCUT2D eigenvalue weighted by Gasteiger charge is -2.15. The Balaban J connectivity index is 1.51. The zero-order valence-corrected chi connectivity index (χ0v) is 19.1. The molecule has 1 aromatic heterocycles. The molecule has 0 unspecified atom stereocenters. The summed E-state index contributed by atoms with van der Waals surface area (Å²) in [5, 5.41) is 6.35. The number of amides is 1. The van der Waals surface area contributed by atoms with Crippen LogP contribution < -0.4 is 10.6 Å². The van der Waals surface area contributed by atoms with Crippen molar-refractivity contribution in [2.45, 2.75) is 6.42 Å². The summed E-state index contributed by atoms with van der Waals surface area (Å²) in [6, 6.07) is 27.0. The summed E-state index contributed by atoms with van der Waals surface area (Å²) >= 11 is 0. The number of nitrogens with zero attached hydrogens (tertiary/aromatic N) is 1. The first kappa shape index (κ1) is 22.1. The minimum absolute atomic E-state index is 0.234. The topological polar surface area (TPSA) is 80.3 Å². The molecule has 0 aliphatic carbocycles. The van der Waals surface area contributed by atoms with Gasteiger partial charge in [0.15, 0.2) is 0 Å². The Morgan fingerprint density at radius 1 is 0.886 bits per heavy atom. The molecular weight excluding hydrogens is 438 g/mol. The highest BCUT2D eigenvalue weighted by atomic mass is 16.5. The van der Waals surface area contributed by atoms with E-state index in [1.807, 2.05) is 54.6 Å². The highest BCUT2D eigenvalue weighted by Crippen LogP contribution is 2.38. The smallest absolute Gasteiger partial charge is 0.337 e. The quantitative estimate of drug-likeness (QED) is 0.297. The van der Waals surface area contributed by atoms with Gasteiger partial charge in [0.2, 0.25) is 0 Å². The number of carbonyl (C=O) groups excluding carboxylic acids is 2. The maximum atomic E-state index is 13.1. The van der Waals surface area contributed by atoms with E-state index in [2.05, 4.69) is 27.8 Å². The monoisotopic (exact) mass is 461 g/mol. The Bertz CT molecular complexity index is 1410. The molecule has 35 heavy (non-hydrogen) atoms. The van der Waals surface area contributed by atoms with E-state index in [0.29, 0.717) is 22.5 Å². The van der Waals surface area contributed by atoms with Gasteiger partial charge in [-0.05, 0) is 59.5 Å². The first-order valence-electron chi connectivity index (χ1n) is 11.2. The van der Waals surface area contributed by atoms with Crippen LogP contribution in [-0.4, -0.2) is 24.0 Å². The van der Waals surface area contributed by atoms with E-state index in [-0.39, 0.29) is 5.91 Å². The third-order valence-corrected chi connectivity index (χ3v) is 5.88. The van der Waals surface area contributed by atoms with Gasteiger partial charge in [0.05, 0.1) is 29.6 Å². The maximum absolute atomic E-state index is 13.1. The lowest BCUT2D eigenvalue weighted by Crippen LogP contribution is -2.10. The van der Waals surface area contributed by atoms with Crippen LogP contribution in [0.4, 0.5) is 11.4 Å². The lowest BCUT2D eigenvalue weighted by atomic mass is 9.99. The molecule has 0 saturated carbocycles. The van der Waals surface area contributed by atoms with E-state index in [4.69, 9.17) is 4.74 Å². The number of hydrogen-bond acceptors (Lipinski definition) is 5. The molecule has 0 atom stereocenters. The Labute approximate surface area is 203 Å². The molecule has 5 rings (SSSR count). The number of nitrogens with one attached hydrogen (secondary N) is 2. The largest absolute Gasteiger partial charge is 0.465 e. The molecule has 0 bridgehead atoms. The number of carbonyl (C=O) groups is 2. The summed E-state index contributed by atoms with van der Waals surface area (Å²) in [5.74, 6) is -0.685. The zero-order chi connectivity index (χ0) is 24.2. The molecular formula is C29H23N3O3. The lowest BCUT2D eigenvalue weighted by molar-refractivity contribution is -0.110. The van der Waals surface area contributed by atoms with Gasteiger partial charge in [0.25, 0.3) is 5.91 Å². The standard InChI is InChI=1S/C29H23N3O3/c1-35-29(34)22-9-12-24-25(18-22)32-28(33)26(24)27(21-5-3-2-4-6-21)31-23-10-7-19(8-11-23)17-20-13-15-30-16-14-20/h2-16,18,31H,17H2,1H3,(H,32,33)/b27-26-. The van der Waals surface area contributed by atoms with E-state index in [0.717, 1.165) is 23.2 Å². The molecule has 6 nitrogen and oxygen atoms in total. The molecule has 2 heterocycles. The van der Waals surface area contributed by atoms with Gasteiger partial charge in [-0.1, -0.05) is 48.5 Å². The van der Waals surface area contributed by atoms with E-state index in [1.54, 1.807) is 30.6 Å². The summed E-state index contributed by atoms with van der Waals surface area (Å²) in [7, 11) is 1.33. The normalized spacial score (nSPS) is 13.6. The summed E-state index contributed by atoms with van der Waals surface area (Å²) < 4.78 is 4.81. The average molecular weight is 462 g/mol. The van der Waals surface area contributed by atoms with Crippen LogP contribution in [0.25, 0.3) is 11.3 Å². The molecule has 6 heteroatoms. The number of fused-ring (bicyclic) bond motifs is 1. The molecule has 0 saturated heterocycles. The third-order valence-electron chi connectivity index (χ3n) is 5.88. The minimum atomic E-state index is -0.451. The third kappa shape index (κ3) is 4.68. The van der Waals surface area contributed by atoms with Crippen molar-refractivity contribution >= 4 is 34.5 Å². The molecule has 0 spiro atoms. The van der Waals surface area contributed by atoms with Gasteiger partial charge in [-0.2, -0.15) is 0 Å². The Morgan fingerprint density at radius 3 is 2.31 bits per heavy atom. The molecule has 3 aromatic carbocycles. The first-order chi connectivity index (χ1) is 17.1. The van der Waals surface area contributed by atoms with Gasteiger partial charge in [-0.3, -0.25) is 9.78 Å². The van der Waals surface area contributed by atoms with Gasteiger partial charge in [-0.25, -0.2) is 4.79 Å². The van der Waals surface area contributed by atoms with Crippen molar-refractivity contribution in [2.24, 2.45) is 0 Å². The molecule has 0 radical (unpaired) electrons. The maximum Gasteiger partial charge on any atom is 0.337 e. The van der Waals surface area contributed by atoms with Crippen molar-refractivity contribution in [2.75, 3.05) is 17.7 Å². The molecule has 172 valence electrons. The van der Waals surface area contributed by atoms with Crippen molar-refractivity contribution in [1.29, 1.82) is 0 Å². The van der Waals surface area contributed by atoms with E-state index < -0.39 is 5.97 Å². The zero-order valence-electron chi connectivity index (χ0n) is 19.1. The summed E-state index contributed by atoms with van der Waals surface area (Å²) in [6.45, 7) is 0. The fourth-order valence-corrected chi connectivity index (χ4v) is 4.14. The highest BCUT2D eigenvalue weighted by Gasteiger charge is 2.29. The van der Waals surface area contributed by atoms with Gasteiger partial charge in [-0.15, -0.1) is 0 Å². The van der Waals surface area contributed by atoms with E-state index in [9.17, 15) is 9.59 Å². The Hall–Kier alpha value is -4.71. The number of benzene rings is 3. The number of methoxy groups -OCH3 is 1. The van der Waals surface area contributed by atoms with Crippen LogP contribution in [-0.2, 0) is 16.0 Å². The van der Waals surface area contributed by atoms with Gasteiger partial charge >= 0.3 is 5.97 Å². The van der Waals surface area contributed by atoms with Crippen molar-refractivity contribution in [3.63, 3.8) is 0 Å². The van der Waals surface area contributed by atoms with Crippen LogP contribution in [0.15, 0.2) is 97.3 Å². The number of hydrogen-bond donors (Lipinski definition) is 2. The average Bonchev–Trinajstić information content (AvgIpc) is 3.23. The number of ether oxygens (including phenoxy) is 1. The van der Waals surface area contributed by atoms with E-state index in [1.165, 1.54) is 18.2 Å². The first-order valence-corrected chi connectivity index (χ1v) is 11.2. The second-order valence-corrected chi connectivity index (χ2v) is 8.18. The Morgan fingerprint density at radius 2 is 1.60 bits per heavy atom. The molecule has 1 aliphatic rings. The van der Waals surface area contributed by atoms with Crippen molar-refractivity contribution < 1.29 is 14.3 Å². The summed E-state index contributed by atoms with van der Waals surface area (Å²) in [6.07, 6.45) is 4.40. The van der Waals surface area contributed by atoms with Crippen LogP contribution in [0.1, 0.15) is 32.6 Å². The van der Waals surface area contributed by atoms with Crippen LogP contribution in [0.2, 0.25) is 0 Å². The summed E-state index contributed by atoms with van der Waals surface area (Å²) in [5.41, 5.74) is 7.00. The summed E-state index contributed by atoms with van der Waals surface area (Å²) in [4.78, 5) is 29.1. The predicted molar refractivity (Wildman–Crippen MR) is 137 cm³/mol. The van der Waals surface area contributed by atoms with Crippen molar-refractivity contribution in [1.82, 2.24) is 4.98 Å². The number of aromatic nitrogens is 1.